The summed E-state index contributed by atoms with van der Waals surface area (Å²) in [4.78, 5) is 8.00. The van der Waals surface area contributed by atoms with E-state index in [1.807, 2.05) is 31.2 Å². The third-order valence-corrected chi connectivity index (χ3v) is 2.32. The van der Waals surface area contributed by atoms with Gasteiger partial charge >= 0.3 is 0 Å². The molecule has 2 aromatic rings. The van der Waals surface area contributed by atoms with Crippen LogP contribution in [-0.2, 0) is 0 Å². The molecule has 0 atom stereocenters. The monoisotopic (exact) mass is 230 g/mol. The third kappa shape index (κ3) is 2.44. The lowest BCUT2D eigenvalue weighted by molar-refractivity contribution is 0.399. The zero-order chi connectivity index (χ0) is 12.3. The van der Waals surface area contributed by atoms with Crippen LogP contribution in [0.25, 0.3) is 0 Å². The zero-order valence-electron chi connectivity index (χ0n) is 9.77. The van der Waals surface area contributed by atoms with Gasteiger partial charge in [0.25, 0.3) is 0 Å². The molecule has 0 fully saturated rings. The van der Waals surface area contributed by atoms with Crippen molar-refractivity contribution >= 4 is 17.2 Å². The van der Waals surface area contributed by atoms with Crippen LogP contribution in [0.4, 0.5) is 17.2 Å². The number of nitrogen functional groups attached to an aromatic ring is 1. The fraction of sp³-hybridized carbons (Fsp3) is 0.167. The average Bonchev–Trinajstić information content (AvgIpc) is 2.32. The Balaban J connectivity index is 2.30. The first kappa shape index (κ1) is 11.2. The number of benzene rings is 1. The Morgan fingerprint density at radius 1 is 1.29 bits per heavy atom. The summed E-state index contributed by atoms with van der Waals surface area (Å²) in [5.74, 6) is 0.914. The first-order valence-electron chi connectivity index (χ1n) is 5.19. The number of ether oxygens (including phenoxy) is 1. The molecule has 2 rings (SSSR count). The van der Waals surface area contributed by atoms with Crippen molar-refractivity contribution in [3.8, 4) is 5.88 Å². The van der Waals surface area contributed by atoms with E-state index in [1.54, 1.807) is 0 Å². The van der Waals surface area contributed by atoms with E-state index >= 15 is 0 Å². The molecule has 0 aliphatic carbocycles. The average molecular weight is 230 g/mol. The van der Waals surface area contributed by atoms with Gasteiger partial charge in [-0.1, -0.05) is 12.1 Å². The summed E-state index contributed by atoms with van der Waals surface area (Å²) in [6.45, 7) is 2.02. The van der Waals surface area contributed by atoms with Crippen LogP contribution in [0.1, 0.15) is 5.56 Å². The molecule has 0 aliphatic heterocycles. The van der Waals surface area contributed by atoms with E-state index in [9.17, 15) is 0 Å². The van der Waals surface area contributed by atoms with Gasteiger partial charge < -0.3 is 15.8 Å². The Labute approximate surface area is 99.7 Å². The summed E-state index contributed by atoms with van der Waals surface area (Å²) < 4.78 is 5.03. The van der Waals surface area contributed by atoms with Gasteiger partial charge in [-0.05, 0) is 24.6 Å². The van der Waals surface area contributed by atoms with Crippen LogP contribution in [0, 0.1) is 6.92 Å². The fourth-order valence-electron chi connectivity index (χ4n) is 1.50. The van der Waals surface area contributed by atoms with Crippen LogP contribution in [0.15, 0.2) is 30.6 Å². The largest absolute Gasteiger partial charge is 0.479 e. The number of nitrogens with zero attached hydrogens (tertiary/aromatic N) is 2. The van der Waals surface area contributed by atoms with Crippen molar-refractivity contribution in [2.24, 2.45) is 0 Å². The highest BCUT2D eigenvalue weighted by Gasteiger charge is 2.08. The van der Waals surface area contributed by atoms with E-state index in [1.165, 1.54) is 13.4 Å². The molecule has 5 heteroatoms. The minimum atomic E-state index is 0.371. The number of rotatable bonds is 3. The minimum absolute atomic E-state index is 0.371. The Morgan fingerprint density at radius 3 is 2.82 bits per heavy atom. The number of anilines is 3. The maximum absolute atomic E-state index is 5.87. The second-order valence-electron chi connectivity index (χ2n) is 3.64. The summed E-state index contributed by atoms with van der Waals surface area (Å²) in [5.41, 5.74) is 8.36. The van der Waals surface area contributed by atoms with Gasteiger partial charge in [0.2, 0.25) is 5.88 Å². The van der Waals surface area contributed by atoms with Gasteiger partial charge in [0.05, 0.1) is 7.11 Å². The summed E-state index contributed by atoms with van der Waals surface area (Å²) in [7, 11) is 1.52. The Hall–Kier alpha value is -2.30. The molecule has 0 saturated carbocycles. The third-order valence-electron chi connectivity index (χ3n) is 2.32. The zero-order valence-corrected chi connectivity index (χ0v) is 9.77. The number of aryl methyl sites for hydroxylation is 1. The number of methoxy groups -OCH3 is 1. The summed E-state index contributed by atoms with van der Waals surface area (Å²) >= 11 is 0. The number of hydrogen-bond acceptors (Lipinski definition) is 5. The van der Waals surface area contributed by atoms with Crippen LogP contribution >= 0.6 is 0 Å². The van der Waals surface area contributed by atoms with Gasteiger partial charge in [0.15, 0.2) is 5.82 Å². The quantitative estimate of drug-likeness (QED) is 0.844. The van der Waals surface area contributed by atoms with E-state index in [0.29, 0.717) is 17.4 Å². The second-order valence-corrected chi connectivity index (χ2v) is 3.64. The van der Waals surface area contributed by atoms with Gasteiger partial charge in [-0.15, -0.1) is 0 Å². The first-order valence-corrected chi connectivity index (χ1v) is 5.19. The molecule has 88 valence electrons. The van der Waals surface area contributed by atoms with Crippen molar-refractivity contribution < 1.29 is 4.74 Å². The van der Waals surface area contributed by atoms with E-state index < -0.39 is 0 Å². The van der Waals surface area contributed by atoms with Gasteiger partial charge in [-0.3, -0.25) is 0 Å². The van der Waals surface area contributed by atoms with E-state index in [4.69, 9.17) is 10.5 Å². The molecule has 0 aliphatic rings. The molecule has 0 amide bonds. The van der Waals surface area contributed by atoms with E-state index in [2.05, 4.69) is 15.3 Å². The van der Waals surface area contributed by atoms with Crippen molar-refractivity contribution in [1.82, 2.24) is 9.97 Å². The molecule has 1 heterocycles. The lowest BCUT2D eigenvalue weighted by atomic mass is 10.2. The highest BCUT2D eigenvalue weighted by molar-refractivity contribution is 5.72. The second kappa shape index (κ2) is 4.69. The molecule has 0 radical (unpaired) electrons. The standard InChI is InChI=1S/C12H14N4O/c1-8-4-3-5-9(6-8)16-11-10(13)12(17-2)15-7-14-11/h3-7H,13H2,1-2H3,(H,14,15,16). The van der Waals surface area contributed by atoms with Gasteiger partial charge in [0, 0.05) is 5.69 Å². The van der Waals surface area contributed by atoms with Crippen molar-refractivity contribution in [2.75, 3.05) is 18.2 Å². The Kier molecular flexibility index (Phi) is 3.09. The van der Waals surface area contributed by atoms with Gasteiger partial charge in [-0.25, -0.2) is 4.98 Å². The lowest BCUT2D eigenvalue weighted by Crippen LogP contribution is -2.03. The van der Waals surface area contributed by atoms with Crippen LogP contribution in [0.3, 0.4) is 0 Å². The lowest BCUT2D eigenvalue weighted by Gasteiger charge is -2.10. The van der Waals surface area contributed by atoms with Crippen LogP contribution in [0.2, 0.25) is 0 Å². The van der Waals surface area contributed by atoms with E-state index in [0.717, 1.165) is 11.3 Å². The first-order chi connectivity index (χ1) is 8.20. The molecule has 0 unspecified atom stereocenters. The minimum Gasteiger partial charge on any atom is -0.479 e. The molecule has 1 aromatic carbocycles. The molecular formula is C12H14N4O. The van der Waals surface area contributed by atoms with Crippen molar-refractivity contribution in [3.05, 3.63) is 36.2 Å². The molecule has 0 bridgehead atoms. The molecular weight excluding hydrogens is 216 g/mol. The highest BCUT2D eigenvalue weighted by Crippen LogP contribution is 2.26. The summed E-state index contributed by atoms with van der Waals surface area (Å²) in [6.07, 6.45) is 1.41. The number of hydrogen-bond donors (Lipinski definition) is 2. The topological polar surface area (TPSA) is 73.1 Å². The smallest absolute Gasteiger partial charge is 0.242 e. The molecule has 5 nitrogen and oxygen atoms in total. The van der Waals surface area contributed by atoms with Crippen LogP contribution in [0.5, 0.6) is 5.88 Å². The van der Waals surface area contributed by atoms with Gasteiger partial charge in [0.1, 0.15) is 12.0 Å². The molecule has 3 N–H and O–H groups in total. The predicted molar refractivity (Wildman–Crippen MR) is 67.5 cm³/mol. The Morgan fingerprint density at radius 2 is 2.12 bits per heavy atom. The highest BCUT2D eigenvalue weighted by atomic mass is 16.5. The predicted octanol–water partition coefficient (Wildman–Crippen LogP) is 2.12. The number of aromatic nitrogens is 2. The molecule has 0 saturated heterocycles. The van der Waals surface area contributed by atoms with Gasteiger partial charge in [-0.2, -0.15) is 4.98 Å². The van der Waals surface area contributed by atoms with Crippen molar-refractivity contribution in [2.45, 2.75) is 6.92 Å². The van der Waals surface area contributed by atoms with Crippen molar-refractivity contribution in [3.63, 3.8) is 0 Å². The summed E-state index contributed by atoms with van der Waals surface area (Å²) in [5, 5.41) is 3.13. The molecule has 0 spiro atoms. The van der Waals surface area contributed by atoms with Crippen LogP contribution in [-0.4, -0.2) is 17.1 Å². The maximum Gasteiger partial charge on any atom is 0.242 e. The SMILES string of the molecule is COc1ncnc(Nc2cccc(C)c2)c1N. The number of nitrogens with two attached hydrogens (primary N) is 1. The summed E-state index contributed by atoms with van der Waals surface area (Å²) in [6, 6.07) is 7.94. The normalized spacial score (nSPS) is 10.0. The number of nitrogens with one attached hydrogen (secondary N) is 1. The van der Waals surface area contributed by atoms with Crippen LogP contribution < -0.4 is 15.8 Å². The molecule has 17 heavy (non-hydrogen) atoms. The maximum atomic E-state index is 5.87. The van der Waals surface area contributed by atoms with Crippen molar-refractivity contribution in [1.29, 1.82) is 0 Å². The van der Waals surface area contributed by atoms with E-state index in [-0.39, 0.29) is 0 Å². The fourth-order valence-corrected chi connectivity index (χ4v) is 1.50. The Bertz CT molecular complexity index is 528. The molecule has 1 aromatic heterocycles.